The molecule has 0 radical (unpaired) electrons. The van der Waals surface area contributed by atoms with E-state index in [1.54, 1.807) is 0 Å². The molecule has 2 unspecified atom stereocenters. The number of para-hydroxylation sites is 1. The number of hydrogen-bond donors (Lipinski definition) is 2. The standard InChI is InChI=1S/C21H27ClN2O2/c1-13-4-3-5-14(2)18(13)24-17(25)11-23-19(26)20-7-15-6-16(8-20)10-21(22,9-15)12-20/h3-5,15-16H,6-12H2,1-2H3,(H,23,26)(H,24,25)/t15-,16+,20?,21?. The molecule has 4 aliphatic carbocycles. The second-order valence-electron chi connectivity index (χ2n) is 8.89. The summed E-state index contributed by atoms with van der Waals surface area (Å²) in [5.74, 6) is 0.986. The van der Waals surface area contributed by atoms with Gasteiger partial charge in [0.1, 0.15) is 0 Å². The zero-order chi connectivity index (χ0) is 18.5. The lowest BCUT2D eigenvalue weighted by Gasteiger charge is -2.59. The summed E-state index contributed by atoms with van der Waals surface area (Å²) in [5.41, 5.74) is 2.52. The molecule has 4 bridgehead atoms. The lowest BCUT2D eigenvalue weighted by Crippen LogP contribution is -2.58. The average Bonchev–Trinajstić information content (AvgIpc) is 2.54. The monoisotopic (exact) mass is 374 g/mol. The third-order valence-electron chi connectivity index (χ3n) is 6.63. The summed E-state index contributed by atoms with van der Waals surface area (Å²) < 4.78 is 0. The van der Waals surface area contributed by atoms with E-state index in [0.29, 0.717) is 11.8 Å². The Morgan fingerprint density at radius 3 is 2.31 bits per heavy atom. The van der Waals surface area contributed by atoms with Crippen molar-refractivity contribution < 1.29 is 9.59 Å². The highest BCUT2D eigenvalue weighted by Gasteiger charge is 2.60. The van der Waals surface area contributed by atoms with E-state index < -0.39 is 0 Å². The lowest BCUT2D eigenvalue weighted by atomic mass is 9.49. The quantitative estimate of drug-likeness (QED) is 0.784. The third kappa shape index (κ3) is 3.13. The van der Waals surface area contributed by atoms with Gasteiger partial charge in [-0.05, 0) is 75.3 Å². The fourth-order valence-electron chi connectivity index (χ4n) is 5.96. The number of aryl methyl sites for hydroxylation is 2. The van der Waals surface area contributed by atoms with Crippen LogP contribution in [-0.4, -0.2) is 23.2 Å². The van der Waals surface area contributed by atoms with Gasteiger partial charge in [-0.2, -0.15) is 0 Å². The molecule has 5 heteroatoms. The summed E-state index contributed by atoms with van der Waals surface area (Å²) >= 11 is 6.81. The van der Waals surface area contributed by atoms with E-state index in [2.05, 4.69) is 10.6 Å². The number of nitrogens with one attached hydrogen (secondary N) is 2. The Labute approximate surface area is 160 Å². The molecule has 2 amide bonds. The summed E-state index contributed by atoms with van der Waals surface area (Å²) in [6.07, 6.45) is 5.94. The van der Waals surface area contributed by atoms with E-state index in [1.807, 2.05) is 32.0 Å². The number of amides is 2. The molecule has 4 saturated carbocycles. The molecule has 4 atom stereocenters. The van der Waals surface area contributed by atoms with Gasteiger partial charge in [-0.25, -0.2) is 0 Å². The summed E-state index contributed by atoms with van der Waals surface area (Å²) in [4.78, 5) is 25.1. The molecule has 0 saturated heterocycles. The minimum absolute atomic E-state index is 0.0129. The molecule has 5 rings (SSSR count). The predicted octanol–water partition coefficient (Wildman–Crippen LogP) is 3.94. The zero-order valence-electron chi connectivity index (χ0n) is 15.5. The minimum atomic E-state index is -0.356. The van der Waals surface area contributed by atoms with E-state index in [-0.39, 0.29) is 28.6 Å². The van der Waals surface area contributed by atoms with Gasteiger partial charge >= 0.3 is 0 Å². The number of anilines is 1. The van der Waals surface area contributed by atoms with Gasteiger partial charge in [0.05, 0.1) is 12.0 Å². The molecule has 4 nitrogen and oxygen atoms in total. The number of rotatable bonds is 4. The number of halogens is 1. The SMILES string of the molecule is Cc1cccc(C)c1NC(=O)CNC(=O)C12C[C@@H]3C[C@@H](CC(Cl)(C3)C1)C2. The highest BCUT2D eigenvalue weighted by Crippen LogP contribution is 2.63. The smallest absolute Gasteiger partial charge is 0.243 e. The van der Waals surface area contributed by atoms with Gasteiger partial charge in [0.2, 0.25) is 11.8 Å². The maximum Gasteiger partial charge on any atom is 0.243 e. The molecule has 26 heavy (non-hydrogen) atoms. The maximum atomic E-state index is 13.0. The molecule has 0 heterocycles. The molecule has 0 spiro atoms. The van der Waals surface area contributed by atoms with E-state index in [9.17, 15) is 9.59 Å². The lowest BCUT2D eigenvalue weighted by molar-refractivity contribution is -0.145. The number of hydrogen-bond acceptors (Lipinski definition) is 2. The molecular formula is C21H27ClN2O2. The Morgan fingerprint density at radius 1 is 1.12 bits per heavy atom. The fourth-order valence-corrected chi connectivity index (χ4v) is 6.65. The van der Waals surface area contributed by atoms with Crippen LogP contribution in [0.25, 0.3) is 0 Å². The highest BCUT2D eigenvalue weighted by atomic mass is 35.5. The normalized spacial score (nSPS) is 34.6. The van der Waals surface area contributed by atoms with Gasteiger partial charge in [-0.1, -0.05) is 18.2 Å². The second kappa shape index (κ2) is 6.26. The van der Waals surface area contributed by atoms with Crippen LogP contribution < -0.4 is 10.6 Å². The van der Waals surface area contributed by atoms with Gasteiger partial charge in [0.15, 0.2) is 0 Å². The second-order valence-corrected chi connectivity index (χ2v) is 9.69. The number of benzene rings is 1. The average molecular weight is 375 g/mol. The summed E-state index contributed by atoms with van der Waals surface area (Å²) in [5, 5.41) is 5.84. The third-order valence-corrected chi connectivity index (χ3v) is 7.07. The summed E-state index contributed by atoms with van der Waals surface area (Å²) in [6, 6.07) is 5.91. The first-order valence-corrected chi connectivity index (χ1v) is 10.00. The molecular weight excluding hydrogens is 348 g/mol. The van der Waals surface area contributed by atoms with Crippen LogP contribution in [-0.2, 0) is 9.59 Å². The fraction of sp³-hybridized carbons (Fsp3) is 0.619. The molecule has 2 N–H and O–H groups in total. The molecule has 1 aromatic carbocycles. The van der Waals surface area contributed by atoms with Crippen molar-refractivity contribution in [3.8, 4) is 0 Å². The van der Waals surface area contributed by atoms with Crippen LogP contribution in [0.1, 0.15) is 49.7 Å². The van der Waals surface area contributed by atoms with Gasteiger partial charge in [-0.3, -0.25) is 9.59 Å². The first-order valence-electron chi connectivity index (χ1n) is 9.62. The van der Waals surface area contributed by atoms with Crippen molar-refractivity contribution in [3.05, 3.63) is 29.3 Å². The van der Waals surface area contributed by atoms with Crippen molar-refractivity contribution in [1.29, 1.82) is 0 Å². The highest BCUT2D eigenvalue weighted by molar-refractivity contribution is 6.24. The van der Waals surface area contributed by atoms with Crippen molar-refractivity contribution in [1.82, 2.24) is 5.32 Å². The van der Waals surface area contributed by atoms with Gasteiger partial charge in [-0.15, -0.1) is 11.6 Å². The Kier molecular flexibility index (Phi) is 4.30. The topological polar surface area (TPSA) is 58.2 Å². The number of carbonyl (C=O) groups is 2. The van der Waals surface area contributed by atoms with Crippen LogP contribution in [0.2, 0.25) is 0 Å². The Hall–Kier alpha value is -1.55. The van der Waals surface area contributed by atoms with Crippen molar-refractivity contribution in [3.63, 3.8) is 0 Å². The first kappa shape index (κ1) is 17.8. The minimum Gasteiger partial charge on any atom is -0.347 e. The van der Waals surface area contributed by atoms with Gasteiger partial charge < -0.3 is 10.6 Å². The van der Waals surface area contributed by atoms with Crippen molar-refractivity contribution in [2.24, 2.45) is 17.3 Å². The zero-order valence-corrected chi connectivity index (χ0v) is 16.3. The first-order chi connectivity index (χ1) is 12.3. The van der Waals surface area contributed by atoms with Gasteiger partial charge in [0.25, 0.3) is 0 Å². The van der Waals surface area contributed by atoms with Crippen molar-refractivity contribution in [2.45, 2.75) is 57.2 Å². The van der Waals surface area contributed by atoms with E-state index in [1.165, 1.54) is 6.42 Å². The van der Waals surface area contributed by atoms with E-state index in [4.69, 9.17) is 11.6 Å². The van der Waals surface area contributed by atoms with Crippen LogP contribution in [0.5, 0.6) is 0 Å². The Bertz CT molecular complexity index is 726. The van der Waals surface area contributed by atoms with Crippen LogP contribution in [0.4, 0.5) is 5.69 Å². The maximum absolute atomic E-state index is 13.0. The van der Waals surface area contributed by atoms with Crippen LogP contribution in [0, 0.1) is 31.1 Å². The van der Waals surface area contributed by atoms with Crippen molar-refractivity contribution >= 4 is 29.1 Å². The van der Waals surface area contributed by atoms with Crippen LogP contribution >= 0.6 is 11.6 Å². The Balaban J connectivity index is 1.39. The van der Waals surface area contributed by atoms with E-state index in [0.717, 1.165) is 48.9 Å². The molecule has 1 aromatic rings. The molecule has 140 valence electrons. The number of alkyl halides is 1. The van der Waals surface area contributed by atoms with Gasteiger partial charge in [0, 0.05) is 10.6 Å². The molecule has 0 aliphatic heterocycles. The molecule has 4 fully saturated rings. The number of carbonyl (C=O) groups excluding carboxylic acids is 2. The van der Waals surface area contributed by atoms with Crippen LogP contribution in [0.3, 0.4) is 0 Å². The predicted molar refractivity (Wildman–Crippen MR) is 103 cm³/mol. The largest absolute Gasteiger partial charge is 0.347 e. The Morgan fingerprint density at radius 2 is 1.73 bits per heavy atom. The molecule has 4 aliphatic rings. The van der Waals surface area contributed by atoms with Crippen LogP contribution in [0.15, 0.2) is 18.2 Å². The molecule has 0 aromatic heterocycles. The summed E-state index contributed by atoms with van der Waals surface area (Å²) in [6.45, 7) is 3.95. The van der Waals surface area contributed by atoms with Crippen molar-refractivity contribution in [2.75, 3.05) is 11.9 Å². The van der Waals surface area contributed by atoms with E-state index >= 15 is 0 Å². The summed E-state index contributed by atoms with van der Waals surface area (Å²) in [7, 11) is 0.